The molecule has 20 heavy (non-hydrogen) atoms. The lowest BCUT2D eigenvalue weighted by Crippen LogP contribution is -2.29. The summed E-state index contributed by atoms with van der Waals surface area (Å²) in [5.74, 6) is 5.39. The molecule has 1 heterocycles. The van der Waals surface area contributed by atoms with Crippen LogP contribution in [-0.2, 0) is 12.8 Å². The molecule has 0 amide bonds. The summed E-state index contributed by atoms with van der Waals surface area (Å²) in [4.78, 5) is 1.02. The van der Waals surface area contributed by atoms with Crippen LogP contribution in [0.25, 0.3) is 0 Å². The molecule has 2 rings (SSSR count). The Balaban J connectivity index is 2.21. The highest BCUT2D eigenvalue weighted by Crippen LogP contribution is 2.26. The maximum absolute atomic E-state index is 13.4. The predicted octanol–water partition coefficient (Wildman–Crippen LogP) is 3.14. The summed E-state index contributed by atoms with van der Waals surface area (Å²) in [6.07, 6.45) is 2.46. The Kier molecular flexibility index (Phi) is 5.59. The van der Waals surface area contributed by atoms with Gasteiger partial charge in [-0.25, -0.2) is 4.39 Å². The highest BCUT2D eigenvalue weighted by atomic mass is 79.9. The van der Waals surface area contributed by atoms with E-state index < -0.39 is 0 Å². The molecule has 0 fully saturated rings. The van der Waals surface area contributed by atoms with Gasteiger partial charge in [0.1, 0.15) is 5.82 Å². The molecule has 0 spiro atoms. The number of nitrogens with zero attached hydrogens (tertiary/aromatic N) is 2. The fourth-order valence-electron chi connectivity index (χ4n) is 2.08. The lowest BCUT2D eigenvalue weighted by molar-refractivity contribution is 0.550. The Morgan fingerprint density at radius 1 is 1.45 bits per heavy atom. The second-order valence-corrected chi connectivity index (χ2v) is 6.24. The molecule has 1 aromatic heterocycles. The van der Waals surface area contributed by atoms with Crippen LogP contribution in [0, 0.1) is 5.82 Å². The number of nitrogens with one attached hydrogen (secondary N) is 1. The van der Waals surface area contributed by atoms with E-state index in [0.717, 1.165) is 33.4 Å². The average Bonchev–Trinajstić information content (AvgIpc) is 2.83. The average molecular weight is 359 g/mol. The number of hydrazine groups is 1. The van der Waals surface area contributed by atoms with Crippen molar-refractivity contribution in [2.45, 2.75) is 32.2 Å². The molecule has 0 radical (unpaired) electrons. The van der Waals surface area contributed by atoms with Crippen LogP contribution in [0.3, 0.4) is 0 Å². The minimum absolute atomic E-state index is 0.106. The maximum Gasteiger partial charge on any atom is 0.124 e. The third-order valence-electron chi connectivity index (χ3n) is 2.95. The molecule has 0 aliphatic rings. The van der Waals surface area contributed by atoms with Crippen molar-refractivity contribution in [1.82, 2.24) is 15.0 Å². The van der Waals surface area contributed by atoms with Crippen molar-refractivity contribution >= 4 is 27.5 Å². The zero-order valence-electron chi connectivity index (χ0n) is 11.1. The van der Waals surface area contributed by atoms with Gasteiger partial charge < -0.3 is 0 Å². The number of hydrogen-bond acceptors (Lipinski definition) is 5. The summed E-state index contributed by atoms with van der Waals surface area (Å²) in [5, 5.41) is 4.14. The van der Waals surface area contributed by atoms with Gasteiger partial charge in [0.25, 0.3) is 0 Å². The topological polar surface area (TPSA) is 63.8 Å². The van der Waals surface area contributed by atoms with Crippen molar-refractivity contribution in [3.63, 3.8) is 0 Å². The van der Waals surface area contributed by atoms with Crippen LogP contribution < -0.4 is 11.3 Å². The van der Waals surface area contributed by atoms with E-state index in [1.807, 2.05) is 6.07 Å². The highest BCUT2D eigenvalue weighted by molar-refractivity contribution is 9.10. The van der Waals surface area contributed by atoms with E-state index in [9.17, 15) is 4.39 Å². The smallest absolute Gasteiger partial charge is 0.124 e. The van der Waals surface area contributed by atoms with Crippen molar-refractivity contribution in [3.8, 4) is 0 Å². The first-order chi connectivity index (χ1) is 9.63. The summed E-state index contributed by atoms with van der Waals surface area (Å²) in [5.41, 5.74) is 4.62. The third kappa shape index (κ3) is 3.82. The molecular formula is C13H16BrFN4S. The zero-order chi connectivity index (χ0) is 14.5. The van der Waals surface area contributed by atoms with Crippen molar-refractivity contribution in [1.29, 1.82) is 0 Å². The van der Waals surface area contributed by atoms with Crippen molar-refractivity contribution in [2.75, 3.05) is 0 Å². The molecule has 0 bridgehead atoms. The maximum atomic E-state index is 13.4. The van der Waals surface area contributed by atoms with Crippen LogP contribution >= 0.6 is 27.5 Å². The van der Waals surface area contributed by atoms with Gasteiger partial charge in [0.15, 0.2) is 0 Å². The minimum Gasteiger partial charge on any atom is -0.271 e. The molecule has 1 atom stereocenters. The molecule has 0 aliphatic heterocycles. The molecule has 108 valence electrons. The lowest BCUT2D eigenvalue weighted by atomic mass is 10.0. The van der Waals surface area contributed by atoms with Gasteiger partial charge in [-0.2, -0.15) is 0 Å². The monoisotopic (exact) mass is 358 g/mol. The van der Waals surface area contributed by atoms with Crippen LogP contribution in [0.15, 0.2) is 22.7 Å². The fraction of sp³-hybridized carbons (Fsp3) is 0.385. The zero-order valence-corrected chi connectivity index (χ0v) is 13.5. The van der Waals surface area contributed by atoms with Crippen molar-refractivity contribution in [2.24, 2.45) is 5.84 Å². The number of aryl methyl sites for hydroxylation is 1. The largest absolute Gasteiger partial charge is 0.271 e. The molecule has 0 aliphatic carbocycles. The number of benzene rings is 1. The van der Waals surface area contributed by atoms with E-state index in [-0.39, 0.29) is 11.9 Å². The van der Waals surface area contributed by atoms with Gasteiger partial charge >= 0.3 is 0 Å². The molecule has 3 N–H and O–H groups in total. The summed E-state index contributed by atoms with van der Waals surface area (Å²) >= 11 is 4.64. The number of rotatable bonds is 6. The van der Waals surface area contributed by atoms with Gasteiger partial charge in [-0.3, -0.25) is 11.3 Å². The van der Waals surface area contributed by atoms with Gasteiger partial charge in [0, 0.05) is 4.47 Å². The van der Waals surface area contributed by atoms with Crippen LogP contribution in [-0.4, -0.2) is 9.59 Å². The Morgan fingerprint density at radius 3 is 2.90 bits per heavy atom. The minimum atomic E-state index is -0.263. The summed E-state index contributed by atoms with van der Waals surface area (Å²) in [6, 6.07) is 4.74. The number of nitrogens with two attached hydrogens (primary N) is 1. The van der Waals surface area contributed by atoms with Crippen LogP contribution in [0.5, 0.6) is 0 Å². The van der Waals surface area contributed by atoms with Gasteiger partial charge in [0.05, 0.1) is 16.6 Å². The lowest BCUT2D eigenvalue weighted by Gasteiger charge is -2.15. The number of aromatic nitrogens is 2. The first kappa shape index (κ1) is 15.5. The van der Waals surface area contributed by atoms with Crippen LogP contribution in [0.1, 0.15) is 35.5 Å². The Morgan fingerprint density at radius 2 is 2.25 bits per heavy atom. The van der Waals surface area contributed by atoms with Crippen molar-refractivity contribution in [3.05, 3.63) is 44.6 Å². The number of halogens is 2. The van der Waals surface area contributed by atoms with Crippen molar-refractivity contribution < 1.29 is 4.39 Å². The number of hydrogen-bond donors (Lipinski definition) is 2. The molecule has 0 saturated carbocycles. The molecule has 7 heteroatoms. The van der Waals surface area contributed by atoms with E-state index >= 15 is 0 Å². The normalized spacial score (nSPS) is 12.6. The van der Waals surface area contributed by atoms with E-state index in [2.05, 4.69) is 37.9 Å². The molecular weight excluding hydrogens is 343 g/mol. The fourth-order valence-corrected chi connectivity index (χ4v) is 3.35. The van der Waals surface area contributed by atoms with Gasteiger partial charge in [-0.05, 0) is 48.1 Å². The molecule has 1 aromatic carbocycles. The molecule has 1 unspecified atom stereocenters. The standard InChI is InChI=1S/C13H16BrFN4S/c1-2-3-11-13(20-19-18-11)12(17-16)6-8-4-9(14)7-10(15)5-8/h4-5,7,12,17H,2-3,6,16H2,1H3. The Hall–Kier alpha value is -0.890. The van der Waals surface area contributed by atoms with E-state index in [1.165, 1.54) is 23.7 Å². The van der Waals surface area contributed by atoms with Gasteiger partial charge in [-0.15, -0.1) is 5.10 Å². The van der Waals surface area contributed by atoms with Gasteiger partial charge in [-0.1, -0.05) is 33.8 Å². The summed E-state index contributed by atoms with van der Waals surface area (Å²) in [7, 11) is 0. The predicted molar refractivity (Wildman–Crippen MR) is 81.8 cm³/mol. The molecule has 4 nitrogen and oxygen atoms in total. The first-order valence-corrected chi connectivity index (χ1v) is 7.93. The quantitative estimate of drug-likeness (QED) is 0.614. The SMILES string of the molecule is CCCc1nnsc1C(Cc1cc(F)cc(Br)c1)NN. The second-order valence-electron chi connectivity index (χ2n) is 4.53. The second kappa shape index (κ2) is 7.21. The highest BCUT2D eigenvalue weighted by Gasteiger charge is 2.18. The Labute approximate surface area is 129 Å². The van der Waals surface area contributed by atoms with E-state index in [1.54, 1.807) is 0 Å². The van der Waals surface area contributed by atoms with Crippen LogP contribution in [0.2, 0.25) is 0 Å². The molecule has 2 aromatic rings. The Bertz CT molecular complexity index is 555. The van der Waals surface area contributed by atoms with E-state index in [4.69, 9.17) is 5.84 Å². The third-order valence-corrected chi connectivity index (χ3v) is 4.29. The van der Waals surface area contributed by atoms with E-state index in [0.29, 0.717) is 6.42 Å². The summed E-state index contributed by atoms with van der Waals surface area (Å²) in [6.45, 7) is 2.09. The summed E-state index contributed by atoms with van der Waals surface area (Å²) < 4.78 is 18.1. The van der Waals surface area contributed by atoms with Gasteiger partial charge in [0.2, 0.25) is 0 Å². The first-order valence-electron chi connectivity index (χ1n) is 6.36. The molecule has 0 saturated heterocycles. The van der Waals surface area contributed by atoms with Crippen LogP contribution in [0.4, 0.5) is 4.39 Å².